The minimum atomic E-state index is -0.437. The summed E-state index contributed by atoms with van der Waals surface area (Å²) in [4.78, 5) is 14.7. The summed E-state index contributed by atoms with van der Waals surface area (Å²) in [7, 11) is 4.06. The maximum Gasteiger partial charge on any atom is 0.220 e. The molecule has 0 saturated carbocycles. The van der Waals surface area contributed by atoms with E-state index in [0.717, 1.165) is 36.0 Å². The summed E-state index contributed by atoms with van der Waals surface area (Å²) >= 11 is 0. The number of rotatable bonds is 7. The van der Waals surface area contributed by atoms with Gasteiger partial charge in [-0.1, -0.05) is 36.4 Å². The average Bonchev–Trinajstić information content (AvgIpc) is 2.69. The van der Waals surface area contributed by atoms with Crippen LogP contribution in [0.5, 0.6) is 5.75 Å². The van der Waals surface area contributed by atoms with Gasteiger partial charge in [-0.2, -0.15) is 0 Å². The van der Waals surface area contributed by atoms with E-state index in [-0.39, 0.29) is 23.7 Å². The smallest absolute Gasteiger partial charge is 0.220 e. The van der Waals surface area contributed by atoms with Crippen molar-refractivity contribution in [3.05, 3.63) is 65.2 Å². The number of fused-ring (bicyclic) bond motifs is 1. The predicted octanol–water partition coefficient (Wildman–Crippen LogP) is 3.33. The van der Waals surface area contributed by atoms with E-state index in [1.165, 1.54) is 0 Å². The quantitative estimate of drug-likeness (QED) is 0.687. The number of nitrogens with one attached hydrogen (secondary N) is 1. The molecule has 0 saturated heterocycles. The molecule has 0 fully saturated rings. The topological polar surface area (TPSA) is 72.8 Å². The van der Waals surface area contributed by atoms with Crippen LogP contribution in [0.2, 0.25) is 0 Å². The Morgan fingerprint density at radius 2 is 1.79 bits per heavy atom. The summed E-state index contributed by atoms with van der Waals surface area (Å²) in [6.07, 6.45) is 3.04. The number of nitrogens with zero attached hydrogens (tertiary/aromatic N) is 1. The second kappa shape index (κ2) is 9.22. The van der Waals surface area contributed by atoms with Gasteiger partial charge in [-0.3, -0.25) is 4.79 Å². The van der Waals surface area contributed by atoms with Gasteiger partial charge < -0.3 is 20.4 Å². The Balaban J connectivity index is 1.56. The van der Waals surface area contributed by atoms with Crippen LogP contribution in [0, 0.1) is 0 Å². The third-order valence-electron chi connectivity index (χ3n) is 5.64. The lowest BCUT2D eigenvalue weighted by Gasteiger charge is -2.30. The highest BCUT2D eigenvalue weighted by molar-refractivity contribution is 5.76. The lowest BCUT2D eigenvalue weighted by molar-refractivity contribution is -0.122. The van der Waals surface area contributed by atoms with Crippen molar-refractivity contribution in [2.75, 3.05) is 14.1 Å². The first-order valence-electron chi connectivity index (χ1n) is 9.94. The van der Waals surface area contributed by atoms with E-state index in [0.29, 0.717) is 12.8 Å². The minimum Gasteiger partial charge on any atom is -0.508 e. The summed E-state index contributed by atoms with van der Waals surface area (Å²) in [6.45, 7) is 0. The SMILES string of the molecule is CN(C)[C@H](CCC(=O)N[C@H]1CCC(O)c2ccccc21)Cc1ccc(O)cc1. The van der Waals surface area contributed by atoms with Crippen LogP contribution in [0.1, 0.15) is 54.5 Å². The van der Waals surface area contributed by atoms with Crippen molar-refractivity contribution in [1.82, 2.24) is 10.2 Å². The number of phenols is 1. The number of carbonyl (C=O) groups is 1. The largest absolute Gasteiger partial charge is 0.508 e. The molecule has 5 heteroatoms. The van der Waals surface area contributed by atoms with Crippen LogP contribution in [0.25, 0.3) is 0 Å². The highest BCUT2D eigenvalue weighted by Crippen LogP contribution is 2.35. The van der Waals surface area contributed by atoms with Crippen molar-refractivity contribution < 1.29 is 15.0 Å². The van der Waals surface area contributed by atoms with Crippen molar-refractivity contribution >= 4 is 5.91 Å². The monoisotopic (exact) mass is 382 g/mol. The number of hydrogen-bond donors (Lipinski definition) is 3. The fourth-order valence-electron chi connectivity index (χ4n) is 3.93. The van der Waals surface area contributed by atoms with Gasteiger partial charge in [-0.25, -0.2) is 0 Å². The highest BCUT2D eigenvalue weighted by Gasteiger charge is 2.26. The standard InChI is InChI=1S/C23H30N2O3/c1-25(2)17(15-16-7-10-18(26)11-8-16)9-14-23(28)24-21-12-13-22(27)20-6-4-3-5-19(20)21/h3-8,10-11,17,21-22,26-27H,9,12-15H2,1-2H3,(H,24,28)/t17-,21+,22?/m1/s1. The molecule has 0 radical (unpaired) electrons. The Bertz CT molecular complexity index is 789. The van der Waals surface area contributed by atoms with Gasteiger partial charge in [0.25, 0.3) is 0 Å². The van der Waals surface area contributed by atoms with Crippen molar-refractivity contribution in [2.45, 2.75) is 50.3 Å². The van der Waals surface area contributed by atoms with Crippen molar-refractivity contribution in [2.24, 2.45) is 0 Å². The van der Waals surface area contributed by atoms with E-state index in [9.17, 15) is 15.0 Å². The number of carbonyl (C=O) groups excluding carboxylic acids is 1. The number of phenolic OH excluding ortho intramolecular Hbond substituents is 1. The van der Waals surface area contributed by atoms with Gasteiger partial charge in [0.15, 0.2) is 0 Å². The fraction of sp³-hybridized carbons (Fsp3) is 0.435. The van der Waals surface area contributed by atoms with Crippen LogP contribution in [-0.4, -0.2) is 41.2 Å². The van der Waals surface area contributed by atoms with E-state index < -0.39 is 6.10 Å². The van der Waals surface area contributed by atoms with Crippen LogP contribution in [0.4, 0.5) is 0 Å². The van der Waals surface area contributed by atoms with Crippen molar-refractivity contribution in [1.29, 1.82) is 0 Å². The number of likely N-dealkylation sites (N-methyl/N-ethyl adjacent to an activating group) is 1. The molecule has 3 N–H and O–H groups in total. The molecule has 150 valence electrons. The minimum absolute atomic E-state index is 0.0259. The number of benzene rings is 2. The number of aromatic hydroxyl groups is 1. The Morgan fingerprint density at radius 3 is 2.46 bits per heavy atom. The number of hydrogen-bond acceptors (Lipinski definition) is 4. The first-order valence-corrected chi connectivity index (χ1v) is 9.94. The lowest BCUT2D eigenvalue weighted by Crippen LogP contribution is -2.35. The van der Waals surface area contributed by atoms with Gasteiger partial charge in [0.2, 0.25) is 5.91 Å². The van der Waals surface area contributed by atoms with Crippen molar-refractivity contribution in [3.8, 4) is 5.75 Å². The summed E-state index contributed by atoms with van der Waals surface area (Å²) < 4.78 is 0. The Morgan fingerprint density at radius 1 is 1.11 bits per heavy atom. The molecule has 5 nitrogen and oxygen atoms in total. The van der Waals surface area contributed by atoms with Gasteiger partial charge >= 0.3 is 0 Å². The van der Waals surface area contributed by atoms with E-state index >= 15 is 0 Å². The molecule has 2 aromatic carbocycles. The van der Waals surface area contributed by atoms with Crippen LogP contribution < -0.4 is 5.32 Å². The van der Waals surface area contributed by atoms with Crippen molar-refractivity contribution in [3.63, 3.8) is 0 Å². The number of aliphatic hydroxyl groups excluding tert-OH is 1. The number of aliphatic hydroxyl groups is 1. The molecule has 0 heterocycles. The van der Waals surface area contributed by atoms with Gasteiger partial charge in [-0.15, -0.1) is 0 Å². The van der Waals surface area contributed by atoms with Gasteiger partial charge in [-0.05, 0) is 68.6 Å². The van der Waals surface area contributed by atoms with Crippen LogP contribution in [0.15, 0.2) is 48.5 Å². The maximum absolute atomic E-state index is 12.6. The zero-order chi connectivity index (χ0) is 20.1. The Kier molecular flexibility index (Phi) is 6.70. The maximum atomic E-state index is 12.6. The van der Waals surface area contributed by atoms with E-state index in [1.807, 2.05) is 50.5 Å². The van der Waals surface area contributed by atoms with E-state index in [2.05, 4.69) is 10.2 Å². The molecule has 3 atom stereocenters. The molecule has 3 rings (SSSR count). The Labute approximate surface area is 167 Å². The third-order valence-corrected chi connectivity index (χ3v) is 5.64. The summed E-state index contributed by atoms with van der Waals surface area (Å²) in [5.41, 5.74) is 3.10. The van der Waals surface area contributed by atoms with Crippen LogP contribution in [0.3, 0.4) is 0 Å². The molecule has 0 bridgehead atoms. The van der Waals surface area contributed by atoms with Gasteiger partial charge in [0, 0.05) is 12.5 Å². The third kappa shape index (κ3) is 5.12. The molecule has 28 heavy (non-hydrogen) atoms. The first-order chi connectivity index (χ1) is 13.4. The zero-order valence-electron chi connectivity index (χ0n) is 16.6. The molecule has 0 spiro atoms. The van der Waals surface area contributed by atoms with E-state index in [1.54, 1.807) is 12.1 Å². The second-order valence-electron chi connectivity index (χ2n) is 7.87. The molecule has 1 amide bonds. The van der Waals surface area contributed by atoms with E-state index in [4.69, 9.17) is 0 Å². The summed E-state index contributed by atoms with van der Waals surface area (Å²) in [5.74, 6) is 0.316. The lowest BCUT2D eigenvalue weighted by atomic mass is 9.85. The first kappa shape index (κ1) is 20.4. The second-order valence-corrected chi connectivity index (χ2v) is 7.87. The van der Waals surface area contributed by atoms with Crippen LogP contribution >= 0.6 is 0 Å². The van der Waals surface area contributed by atoms with Crippen LogP contribution in [-0.2, 0) is 11.2 Å². The molecule has 1 unspecified atom stereocenters. The predicted molar refractivity (Wildman–Crippen MR) is 110 cm³/mol. The molecule has 1 aliphatic carbocycles. The fourth-order valence-corrected chi connectivity index (χ4v) is 3.93. The molecule has 2 aromatic rings. The average molecular weight is 383 g/mol. The normalized spacial score (nSPS) is 19.9. The van der Waals surface area contributed by atoms with Gasteiger partial charge in [0.05, 0.1) is 12.1 Å². The zero-order valence-corrected chi connectivity index (χ0v) is 16.6. The molecular formula is C23H30N2O3. The molecular weight excluding hydrogens is 352 g/mol. The van der Waals surface area contributed by atoms with Gasteiger partial charge in [0.1, 0.15) is 5.75 Å². The number of amides is 1. The highest BCUT2D eigenvalue weighted by atomic mass is 16.3. The summed E-state index contributed by atoms with van der Waals surface area (Å²) in [6, 6.07) is 15.3. The molecule has 0 aliphatic heterocycles. The molecule has 0 aromatic heterocycles. The molecule has 1 aliphatic rings. The Hall–Kier alpha value is -2.37. The summed E-state index contributed by atoms with van der Waals surface area (Å²) in [5, 5.41) is 22.8.